The third-order valence-corrected chi connectivity index (χ3v) is 3.05. The Bertz CT molecular complexity index is 634. The number of alkyl halides is 7. The third kappa shape index (κ3) is 3.45. The van der Waals surface area contributed by atoms with Crippen LogP contribution in [0.2, 0.25) is 5.02 Å². The molecule has 24 heavy (non-hydrogen) atoms. The predicted octanol–water partition coefficient (Wildman–Crippen LogP) is 4.13. The second-order valence-corrected chi connectivity index (χ2v) is 4.69. The zero-order chi connectivity index (χ0) is 18.9. The summed E-state index contributed by atoms with van der Waals surface area (Å²) in [6.07, 6.45) is -6.63. The molecule has 12 heteroatoms. The maximum atomic E-state index is 13.3. The average Bonchev–Trinajstić information content (AvgIpc) is 2.46. The lowest BCUT2D eigenvalue weighted by Gasteiger charge is -2.27. The summed E-state index contributed by atoms with van der Waals surface area (Å²) < 4.78 is 97.9. The Labute approximate surface area is 135 Å². The lowest BCUT2D eigenvalue weighted by atomic mass is 10.1. The molecule has 0 unspecified atom stereocenters. The maximum Gasteiger partial charge on any atom is 0.460 e. The molecule has 0 heterocycles. The zero-order valence-corrected chi connectivity index (χ0v) is 12.7. The van der Waals surface area contributed by atoms with E-state index in [1.807, 2.05) is 0 Å². The Morgan fingerprint density at radius 1 is 1.00 bits per heavy atom. The van der Waals surface area contributed by atoms with E-state index in [-0.39, 0.29) is 16.5 Å². The first kappa shape index (κ1) is 20.1. The van der Waals surface area contributed by atoms with Gasteiger partial charge in [-0.1, -0.05) is 11.6 Å². The number of nitrogens with one attached hydrogen (secondary N) is 1. The van der Waals surface area contributed by atoms with Crippen LogP contribution in [0, 0.1) is 0 Å². The van der Waals surface area contributed by atoms with Gasteiger partial charge in [0.25, 0.3) is 0 Å². The van der Waals surface area contributed by atoms with E-state index in [9.17, 15) is 35.5 Å². The van der Waals surface area contributed by atoms with E-state index in [0.29, 0.717) is 0 Å². The molecule has 0 aliphatic carbocycles. The van der Waals surface area contributed by atoms with Gasteiger partial charge in [0, 0.05) is 12.1 Å². The van der Waals surface area contributed by atoms with Crippen LogP contribution in [0.25, 0.3) is 0 Å². The summed E-state index contributed by atoms with van der Waals surface area (Å²) in [5.41, 5.74) is -0.638. The van der Waals surface area contributed by atoms with Gasteiger partial charge in [-0.2, -0.15) is 30.7 Å². The first-order valence-electron chi connectivity index (χ1n) is 5.85. The summed E-state index contributed by atoms with van der Waals surface area (Å²) in [5.74, 6) is -16.1. The molecule has 0 aliphatic heterocycles. The number of hydrogen-bond donors (Lipinski definition) is 1. The smallest absolute Gasteiger partial charge is 0.460 e. The van der Waals surface area contributed by atoms with Crippen molar-refractivity contribution in [3.05, 3.63) is 17.2 Å². The summed E-state index contributed by atoms with van der Waals surface area (Å²) in [4.78, 5) is 11.3. The van der Waals surface area contributed by atoms with Gasteiger partial charge < -0.3 is 14.8 Å². The number of anilines is 1. The molecule has 0 saturated heterocycles. The van der Waals surface area contributed by atoms with E-state index in [1.165, 1.54) is 5.32 Å². The van der Waals surface area contributed by atoms with Crippen LogP contribution in [0.3, 0.4) is 0 Å². The minimum absolute atomic E-state index is 0.0836. The van der Waals surface area contributed by atoms with Gasteiger partial charge in [-0.05, 0) is 0 Å². The number of hydrogen-bond acceptors (Lipinski definition) is 3. The molecule has 0 spiro atoms. The highest BCUT2D eigenvalue weighted by molar-refractivity contribution is 6.32. The van der Waals surface area contributed by atoms with Gasteiger partial charge in [-0.3, -0.25) is 4.79 Å². The van der Waals surface area contributed by atoms with Crippen LogP contribution in [0.1, 0.15) is 0 Å². The number of methoxy groups -OCH3 is 2. The van der Waals surface area contributed by atoms with E-state index in [4.69, 9.17) is 16.3 Å². The molecule has 136 valence electrons. The van der Waals surface area contributed by atoms with Crippen LogP contribution in [0.4, 0.5) is 36.4 Å². The molecule has 0 aromatic heterocycles. The molecule has 1 aromatic carbocycles. The summed E-state index contributed by atoms with van der Waals surface area (Å²) >= 11 is 5.70. The summed E-state index contributed by atoms with van der Waals surface area (Å²) in [7, 11) is 2.14. The van der Waals surface area contributed by atoms with Gasteiger partial charge in [0.05, 0.1) is 24.9 Å². The van der Waals surface area contributed by atoms with Gasteiger partial charge in [0.2, 0.25) is 0 Å². The fraction of sp³-hybridized carbons (Fsp3) is 0.417. The van der Waals surface area contributed by atoms with E-state index in [0.717, 1.165) is 26.4 Å². The minimum atomic E-state index is -6.63. The molecule has 1 amide bonds. The zero-order valence-electron chi connectivity index (χ0n) is 11.9. The van der Waals surface area contributed by atoms with Crippen LogP contribution in [-0.2, 0) is 4.79 Å². The lowest BCUT2D eigenvalue weighted by molar-refractivity contribution is -0.343. The first-order valence-corrected chi connectivity index (χ1v) is 6.22. The molecule has 0 atom stereocenters. The molecule has 1 N–H and O–H groups in total. The second kappa shape index (κ2) is 6.54. The number of rotatable bonds is 5. The SMILES string of the molecule is COc1cc(NC(=O)C(F)(F)C(F)(F)C(F)(F)F)c(OC)cc1Cl. The standard InChI is InChI=1S/C12H9ClF7NO3/c1-23-7-4-6(8(24-2)3-5(7)13)21-9(22)10(14,15)11(16,17)12(18,19)20/h3-4H,1-2H3,(H,21,22). The molecule has 0 aliphatic rings. The number of carbonyl (C=O) groups excluding carboxylic acids is 1. The third-order valence-electron chi connectivity index (χ3n) is 2.76. The summed E-state index contributed by atoms with van der Waals surface area (Å²) in [5, 5.41) is 1.17. The fourth-order valence-electron chi connectivity index (χ4n) is 1.48. The molecule has 0 radical (unpaired) electrons. The van der Waals surface area contributed by atoms with Crippen molar-refractivity contribution in [2.24, 2.45) is 0 Å². The number of halogens is 8. The van der Waals surface area contributed by atoms with Crippen LogP contribution >= 0.6 is 11.6 Å². The van der Waals surface area contributed by atoms with Crippen molar-refractivity contribution in [3.8, 4) is 11.5 Å². The molecule has 1 aromatic rings. The molecule has 4 nitrogen and oxygen atoms in total. The highest BCUT2D eigenvalue weighted by Crippen LogP contribution is 2.47. The van der Waals surface area contributed by atoms with Crippen LogP contribution in [-0.4, -0.2) is 38.1 Å². The fourth-order valence-corrected chi connectivity index (χ4v) is 1.71. The summed E-state index contributed by atoms with van der Waals surface area (Å²) in [6, 6.07) is 1.80. The summed E-state index contributed by atoms with van der Waals surface area (Å²) in [6.45, 7) is 0. The molecular weight excluding hydrogens is 375 g/mol. The quantitative estimate of drug-likeness (QED) is 0.778. The minimum Gasteiger partial charge on any atom is -0.495 e. The number of benzene rings is 1. The van der Waals surface area contributed by atoms with E-state index < -0.39 is 29.6 Å². The molecule has 1 rings (SSSR count). The Balaban J connectivity index is 3.24. The van der Waals surface area contributed by atoms with Crippen LogP contribution in [0.5, 0.6) is 11.5 Å². The Kier molecular flexibility index (Phi) is 5.48. The van der Waals surface area contributed by atoms with Crippen molar-refractivity contribution < 1.29 is 45.0 Å². The number of ether oxygens (including phenoxy) is 2. The lowest BCUT2D eigenvalue weighted by Crippen LogP contribution is -2.57. The van der Waals surface area contributed by atoms with Gasteiger partial charge in [0.15, 0.2) is 0 Å². The Morgan fingerprint density at radius 2 is 1.50 bits per heavy atom. The van der Waals surface area contributed by atoms with Crippen molar-refractivity contribution in [3.63, 3.8) is 0 Å². The molecular formula is C12H9ClF7NO3. The van der Waals surface area contributed by atoms with Gasteiger partial charge in [0.1, 0.15) is 11.5 Å². The highest BCUT2D eigenvalue weighted by Gasteiger charge is 2.76. The largest absolute Gasteiger partial charge is 0.495 e. The Hall–Kier alpha value is -1.91. The van der Waals surface area contributed by atoms with E-state index >= 15 is 0 Å². The first-order chi connectivity index (χ1) is 10.8. The average molecular weight is 384 g/mol. The normalized spacial score (nSPS) is 12.8. The maximum absolute atomic E-state index is 13.3. The van der Waals surface area contributed by atoms with Crippen molar-refractivity contribution in [1.29, 1.82) is 0 Å². The topological polar surface area (TPSA) is 47.6 Å². The van der Waals surface area contributed by atoms with Crippen molar-refractivity contribution >= 4 is 23.2 Å². The highest BCUT2D eigenvalue weighted by atomic mass is 35.5. The molecule has 0 bridgehead atoms. The van der Waals surface area contributed by atoms with Crippen molar-refractivity contribution in [2.75, 3.05) is 19.5 Å². The molecule has 0 saturated carbocycles. The number of amides is 1. The predicted molar refractivity (Wildman–Crippen MR) is 69.1 cm³/mol. The monoisotopic (exact) mass is 383 g/mol. The molecule has 0 fully saturated rings. The van der Waals surface area contributed by atoms with Crippen molar-refractivity contribution in [2.45, 2.75) is 18.0 Å². The van der Waals surface area contributed by atoms with E-state index in [2.05, 4.69) is 4.74 Å². The second-order valence-electron chi connectivity index (χ2n) is 4.29. The number of carbonyl (C=O) groups is 1. The van der Waals surface area contributed by atoms with Gasteiger partial charge >= 0.3 is 23.9 Å². The van der Waals surface area contributed by atoms with Gasteiger partial charge in [-0.25, -0.2) is 0 Å². The van der Waals surface area contributed by atoms with Crippen LogP contribution < -0.4 is 14.8 Å². The van der Waals surface area contributed by atoms with Crippen molar-refractivity contribution in [1.82, 2.24) is 0 Å². The van der Waals surface area contributed by atoms with Crippen LogP contribution in [0.15, 0.2) is 12.1 Å². The van der Waals surface area contributed by atoms with Gasteiger partial charge in [-0.15, -0.1) is 0 Å². The van der Waals surface area contributed by atoms with E-state index in [1.54, 1.807) is 0 Å². The Morgan fingerprint density at radius 3 is 1.92 bits per heavy atom.